The zero-order valence-electron chi connectivity index (χ0n) is 13.7. The number of nitrogens with zero attached hydrogens (tertiary/aromatic N) is 2. The van der Waals surface area contributed by atoms with Crippen molar-refractivity contribution in [3.63, 3.8) is 0 Å². The molecular weight excluding hydrogens is 314 g/mol. The van der Waals surface area contributed by atoms with E-state index in [1.807, 2.05) is 19.1 Å². The number of rotatable bonds is 7. The second-order valence-electron chi connectivity index (χ2n) is 5.25. The van der Waals surface area contributed by atoms with Crippen molar-refractivity contribution in [3.05, 3.63) is 50.9 Å². The molecule has 1 aromatic heterocycles. The molecule has 23 heavy (non-hydrogen) atoms. The normalized spacial score (nSPS) is 10.6. The van der Waals surface area contributed by atoms with Crippen LogP contribution in [-0.4, -0.2) is 16.9 Å². The van der Waals surface area contributed by atoms with Crippen LogP contribution in [0.5, 0.6) is 5.75 Å². The molecule has 0 radical (unpaired) electrons. The van der Waals surface area contributed by atoms with E-state index >= 15 is 0 Å². The van der Waals surface area contributed by atoms with Crippen LogP contribution in [0.2, 0.25) is 5.02 Å². The van der Waals surface area contributed by atoms with Crippen LogP contribution in [0.4, 0.5) is 5.69 Å². The number of benzene rings is 1. The first-order valence-electron chi connectivity index (χ1n) is 7.76. The lowest BCUT2D eigenvalue weighted by molar-refractivity contribution is 0.410. The second-order valence-corrected chi connectivity index (χ2v) is 5.63. The Balaban J connectivity index is 2.15. The van der Waals surface area contributed by atoms with E-state index in [-0.39, 0.29) is 10.6 Å². The van der Waals surface area contributed by atoms with Crippen molar-refractivity contribution < 1.29 is 4.74 Å². The minimum Gasteiger partial charge on any atom is -0.496 e. The van der Waals surface area contributed by atoms with Crippen molar-refractivity contribution in [2.24, 2.45) is 0 Å². The SMILES string of the molecule is CCCn1ncc(NCc2ccc(OC)c(CC)c2)c(Cl)c1=O. The van der Waals surface area contributed by atoms with Crippen molar-refractivity contribution in [1.29, 1.82) is 0 Å². The third-order valence-electron chi connectivity index (χ3n) is 3.63. The molecule has 0 aliphatic carbocycles. The number of halogens is 1. The topological polar surface area (TPSA) is 56.1 Å². The van der Waals surface area contributed by atoms with E-state index in [1.54, 1.807) is 13.3 Å². The van der Waals surface area contributed by atoms with Crippen molar-refractivity contribution in [2.75, 3.05) is 12.4 Å². The second kappa shape index (κ2) is 8.02. The van der Waals surface area contributed by atoms with Gasteiger partial charge in [0.2, 0.25) is 0 Å². The molecule has 0 aliphatic heterocycles. The summed E-state index contributed by atoms with van der Waals surface area (Å²) in [5.74, 6) is 0.887. The number of ether oxygens (including phenoxy) is 1. The third-order valence-corrected chi connectivity index (χ3v) is 3.99. The van der Waals surface area contributed by atoms with Gasteiger partial charge in [0.05, 0.1) is 19.0 Å². The van der Waals surface area contributed by atoms with Gasteiger partial charge in [-0.1, -0.05) is 37.6 Å². The molecule has 5 nitrogen and oxygen atoms in total. The first-order valence-corrected chi connectivity index (χ1v) is 8.13. The number of nitrogens with one attached hydrogen (secondary N) is 1. The van der Waals surface area contributed by atoms with E-state index in [1.165, 1.54) is 4.68 Å². The first kappa shape index (κ1) is 17.3. The molecule has 0 aliphatic rings. The van der Waals surface area contributed by atoms with E-state index in [0.717, 1.165) is 29.7 Å². The Bertz CT molecular complexity index is 728. The van der Waals surface area contributed by atoms with Gasteiger partial charge in [0.25, 0.3) is 5.56 Å². The van der Waals surface area contributed by atoms with E-state index < -0.39 is 0 Å². The number of hydrogen-bond acceptors (Lipinski definition) is 4. The van der Waals surface area contributed by atoms with Gasteiger partial charge < -0.3 is 10.1 Å². The highest BCUT2D eigenvalue weighted by Gasteiger charge is 2.09. The summed E-state index contributed by atoms with van der Waals surface area (Å²) in [5, 5.41) is 7.50. The fourth-order valence-corrected chi connectivity index (χ4v) is 2.59. The standard InChI is InChI=1S/C17H22ClN3O2/c1-4-8-21-17(22)16(18)14(11-20-21)19-10-12-6-7-15(23-3)13(5-2)9-12/h6-7,9,11,19H,4-5,8,10H2,1-3H3. The van der Waals surface area contributed by atoms with Crippen molar-refractivity contribution in [2.45, 2.75) is 39.8 Å². The molecular formula is C17H22ClN3O2. The molecule has 1 heterocycles. The Morgan fingerprint density at radius 2 is 2.13 bits per heavy atom. The molecule has 0 amide bonds. The highest BCUT2D eigenvalue weighted by atomic mass is 35.5. The lowest BCUT2D eigenvalue weighted by atomic mass is 10.1. The van der Waals surface area contributed by atoms with Crippen molar-refractivity contribution in [3.8, 4) is 5.75 Å². The van der Waals surface area contributed by atoms with Crippen molar-refractivity contribution in [1.82, 2.24) is 9.78 Å². The average Bonchev–Trinajstić information content (AvgIpc) is 2.58. The quantitative estimate of drug-likeness (QED) is 0.841. The molecule has 0 saturated carbocycles. The Labute approximate surface area is 141 Å². The highest BCUT2D eigenvalue weighted by Crippen LogP contribution is 2.22. The van der Waals surface area contributed by atoms with Gasteiger partial charge in [-0.25, -0.2) is 4.68 Å². The monoisotopic (exact) mass is 335 g/mol. The molecule has 1 N–H and O–H groups in total. The Hall–Kier alpha value is -2.01. The van der Waals surface area contributed by atoms with Crippen LogP contribution < -0.4 is 15.6 Å². The zero-order chi connectivity index (χ0) is 16.8. The Kier molecular flexibility index (Phi) is 6.04. The molecule has 0 spiro atoms. The molecule has 2 aromatic rings. The minimum atomic E-state index is -0.262. The Morgan fingerprint density at radius 3 is 2.78 bits per heavy atom. The number of hydrogen-bond donors (Lipinski definition) is 1. The zero-order valence-corrected chi connectivity index (χ0v) is 14.5. The number of methoxy groups -OCH3 is 1. The van der Waals surface area contributed by atoms with Crippen LogP contribution in [0, 0.1) is 0 Å². The summed E-state index contributed by atoms with van der Waals surface area (Å²) in [6.45, 7) is 5.21. The summed E-state index contributed by atoms with van der Waals surface area (Å²) in [7, 11) is 1.67. The maximum atomic E-state index is 12.1. The average molecular weight is 336 g/mol. The Morgan fingerprint density at radius 1 is 1.35 bits per heavy atom. The predicted molar refractivity (Wildman–Crippen MR) is 93.5 cm³/mol. The van der Waals surface area contributed by atoms with Crippen LogP contribution in [0.15, 0.2) is 29.2 Å². The predicted octanol–water partition coefficient (Wildman–Crippen LogP) is 3.49. The summed E-state index contributed by atoms with van der Waals surface area (Å²) in [6, 6.07) is 6.03. The highest BCUT2D eigenvalue weighted by molar-refractivity contribution is 6.32. The molecule has 0 atom stereocenters. The minimum absolute atomic E-state index is 0.178. The summed E-state index contributed by atoms with van der Waals surface area (Å²) in [4.78, 5) is 12.1. The van der Waals surface area contributed by atoms with Gasteiger partial charge in [-0.15, -0.1) is 0 Å². The smallest absolute Gasteiger partial charge is 0.287 e. The van der Waals surface area contributed by atoms with Crippen molar-refractivity contribution >= 4 is 17.3 Å². The van der Waals surface area contributed by atoms with Gasteiger partial charge >= 0.3 is 0 Å². The largest absolute Gasteiger partial charge is 0.496 e. The first-order chi connectivity index (χ1) is 11.1. The van der Waals surface area contributed by atoms with Gasteiger partial charge in [-0.2, -0.15) is 5.10 Å². The summed E-state index contributed by atoms with van der Waals surface area (Å²) in [5.41, 5.74) is 2.53. The van der Waals surface area contributed by atoms with Crippen LogP contribution in [0.25, 0.3) is 0 Å². The molecule has 0 bridgehead atoms. The van der Waals surface area contributed by atoms with E-state index in [4.69, 9.17) is 16.3 Å². The lowest BCUT2D eigenvalue weighted by Gasteiger charge is -2.12. The third kappa shape index (κ3) is 4.05. The number of anilines is 1. The maximum absolute atomic E-state index is 12.1. The van der Waals surface area contributed by atoms with Crippen LogP contribution in [0.1, 0.15) is 31.4 Å². The molecule has 0 unspecified atom stereocenters. The summed E-state index contributed by atoms with van der Waals surface area (Å²) in [6.07, 6.45) is 3.33. The summed E-state index contributed by atoms with van der Waals surface area (Å²) < 4.78 is 6.71. The summed E-state index contributed by atoms with van der Waals surface area (Å²) >= 11 is 6.15. The van der Waals surface area contributed by atoms with Gasteiger partial charge in [0, 0.05) is 13.1 Å². The molecule has 124 valence electrons. The van der Waals surface area contributed by atoms with E-state index in [2.05, 4.69) is 23.4 Å². The van der Waals surface area contributed by atoms with Crippen LogP contribution in [0.3, 0.4) is 0 Å². The molecule has 0 fully saturated rings. The maximum Gasteiger partial charge on any atom is 0.287 e. The van der Waals surface area contributed by atoms with E-state index in [0.29, 0.717) is 18.8 Å². The number of aryl methyl sites for hydroxylation is 2. The van der Waals surface area contributed by atoms with Gasteiger partial charge in [0.15, 0.2) is 0 Å². The molecule has 0 saturated heterocycles. The van der Waals surface area contributed by atoms with Gasteiger partial charge in [0.1, 0.15) is 10.8 Å². The number of aromatic nitrogens is 2. The fourth-order valence-electron chi connectivity index (χ4n) is 2.37. The lowest BCUT2D eigenvalue weighted by Crippen LogP contribution is -2.24. The van der Waals surface area contributed by atoms with Gasteiger partial charge in [-0.3, -0.25) is 4.79 Å². The fraction of sp³-hybridized carbons (Fsp3) is 0.412. The molecule has 1 aromatic carbocycles. The molecule has 6 heteroatoms. The van der Waals surface area contributed by atoms with Gasteiger partial charge in [-0.05, 0) is 30.0 Å². The molecule has 2 rings (SSSR count). The van der Waals surface area contributed by atoms with Crippen LogP contribution in [-0.2, 0) is 19.5 Å². The van der Waals surface area contributed by atoms with Crippen LogP contribution >= 0.6 is 11.6 Å². The van der Waals surface area contributed by atoms with E-state index in [9.17, 15) is 4.79 Å².